The summed E-state index contributed by atoms with van der Waals surface area (Å²) in [5.74, 6) is -0.860. The number of carbonyl (C=O) groups excluding carboxylic acids is 2. The minimum atomic E-state index is -0.531. The molecule has 4 nitrogen and oxygen atoms in total. The van der Waals surface area contributed by atoms with Gasteiger partial charge in [-0.05, 0) is 32.9 Å². The molecule has 0 bridgehead atoms. The number of nitrogens with one attached hydrogen (secondary N) is 1. The van der Waals surface area contributed by atoms with Crippen LogP contribution < -0.4 is 5.32 Å². The van der Waals surface area contributed by atoms with Crippen molar-refractivity contribution in [2.45, 2.75) is 26.9 Å². The lowest BCUT2D eigenvalue weighted by Gasteiger charge is -2.11. The molecule has 0 fully saturated rings. The third-order valence-electron chi connectivity index (χ3n) is 2.14. The number of benzene rings is 1. The molecular weight excluding hydrogens is 230 g/mol. The van der Waals surface area contributed by atoms with Gasteiger partial charge in [-0.15, -0.1) is 0 Å². The molecule has 0 aliphatic carbocycles. The highest BCUT2D eigenvalue weighted by Gasteiger charge is 2.15. The highest BCUT2D eigenvalue weighted by Crippen LogP contribution is 2.02. The Kier molecular flexibility index (Phi) is 5.11. The second kappa shape index (κ2) is 6.59. The van der Waals surface area contributed by atoms with Crippen LogP contribution in [0.5, 0.6) is 0 Å². The van der Waals surface area contributed by atoms with Crippen LogP contribution >= 0.6 is 0 Å². The van der Waals surface area contributed by atoms with E-state index in [1.165, 1.54) is 6.08 Å². The SMILES string of the molecule is C/C=C(\NC(=O)c1ccccc1)C(=O)OC(C)C. The fraction of sp³-hybridized carbons (Fsp3) is 0.286. The molecule has 0 aliphatic rings. The van der Waals surface area contributed by atoms with Crippen LogP contribution in [-0.4, -0.2) is 18.0 Å². The van der Waals surface area contributed by atoms with Crippen molar-refractivity contribution in [1.82, 2.24) is 5.32 Å². The third-order valence-corrected chi connectivity index (χ3v) is 2.14. The Morgan fingerprint density at radius 2 is 1.83 bits per heavy atom. The first-order valence-electron chi connectivity index (χ1n) is 5.78. The molecule has 1 N–H and O–H groups in total. The van der Waals surface area contributed by atoms with Crippen LogP contribution in [0.15, 0.2) is 42.1 Å². The van der Waals surface area contributed by atoms with Gasteiger partial charge in [-0.2, -0.15) is 0 Å². The van der Waals surface area contributed by atoms with E-state index in [-0.39, 0.29) is 17.7 Å². The van der Waals surface area contributed by atoms with E-state index in [1.807, 2.05) is 6.07 Å². The molecule has 18 heavy (non-hydrogen) atoms. The van der Waals surface area contributed by atoms with Gasteiger partial charge < -0.3 is 10.1 Å². The Balaban J connectivity index is 2.71. The predicted octanol–water partition coefficient (Wildman–Crippen LogP) is 2.27. The van der Waals surface area contributed by atoms with Crippen molar-refractivity contribution in [3.8, 4) is 0 Å². The molecule has 4 heteroatoms. The Morgan fingerprint density at radius 1 is 1.22 bits per heavy atom. The molecule has 0 spiro atoms. The average Bonchev–Trinajstić information content (AvgIpc) is 2.35. The quantitative estimate of drug-likeness (QED) is 0.656. The number of allylic oxidation sites excluding steroid dienone is 1. The largest absolute Gasteiger partial charge is 0.458 e. The van der Waals surface area contributed by atoms with Crippen molar-refractivity contribution in [3.05, 3.63) is 47.7 Å². The highest BCUT2D eigenvalue weighted by atomic mass is 16.5. The van der Waals surface area contributed by atoms with E-state index in [0.717, 1.165) is 0 Å². The summed E-state index contributed by atoms with van der Waals surface area (Å²) in [4.78, 5) is 23.5. The summed E-state index contributed by atoms with van der Waals surface area (Å²) in [6, 6.07) is 8.69. The van der Waals surface area contributed by atoms with E-state index < -0.39 is 5.97 Å². The second-order valence-corrected chi connectivity index (χ2v) is 3.98. The smallest absolute Gasteiger partial charge is 0.354 e. The molecule has 0 aliphatic heterocycles. The van der Waals surface area contributed by atoms with E-state index in [0.29, 0.717) is 5.56 Å². The van der Waals surface area contributed by atoms with Gasteiger partial charge in [0, 0.05) is 5.56 Å². The predicted molar refractivity (Wildman–Crippen MR) is 68.9 cm³/mol. The lowest BCUT2D eigenvalue weighted by Crippen LogP contribution is -2.29. The molecule has 1 aromatic carbocycles. The van der Waals surface area contributed by atoms with E-state index in [2.05, 4.69) is 5.32 Å². The van der Waals surface area contributed by atoms with Gasteiger partial charge in [0.15, 0.2) is 0 Å². The molecule has 0 saturated carbocycles. The maximum absolute atomic E-state index is 11.8. The standard InChI is InChI=1S/C14H17NO3/c1-4-12(14(17)18-10(2)3)15-13(16)11-8-6-5-7-9-11/h4-10H,1-3H3,(H,15,16)/b12-4-. The van der Waals surface area contributed by atoms with Crippen molar-refractivity contribution in [3.63, 3.8) is 0 Å². The van der Waals surface area contributed by atoms with Crippen LogP contribution in [0.1, 0.15) is 31.1 Å². The van der Waals surface area contributed by atoms with Crippen LogP contribution in [0.25, 0.3) is 0 Å². The molecule has 0 unspecified atom stereocenters. The van der Waals surface area contributed by atoms with Crippen LogP contribution in [0.4, 0.5) is 0 Å². The zero-order chi connectivity index (χ0) is 13.5. The van der Waals surface area contributed by atoms with E-state index in [4.69, 9.17) is 4.74 Å². The lowest BCUT2D eigenvalue weighted by atomic mass is 10.2. The number of rotatable bonds is 4. The zero-order valence-corrected chi connectivity index (χ0v) is 10.8. The van der Waals surface area contributed by atoms with Gasteiger partial charge in [0.1, 0.15) is 5.70 Å². The third kappa shape index (κ3) is 4.05. The topological polar surface area (TPSA) is 55.4 Å². The summed E-state index contributed by atoms with van der Waals surface area (Å²) in [6.45, 7) is 5.18. The molecule has 0 aromatic heterocycles. The second-order valence-electron chi connectivity index (χ2n) is 3.98. The first-order valence-corrected chi connectivity index (χ1v) is 5.78. The lowest BCUT2D eigenvalue weighted by molar-refractivity contribution is -0.143. The van der Waals surface area contributed by atoms with Crippen molar-refractivity contribution >= 4 is 11.9 Å². The molecule has 1 amide bonds. The van der Waals surface area contributed by atoms with E-state index >= 15 is 0 Å². The summed E-state index contributed by atoms with van der Waals surface area (Å²) in [5.41, 5.74) is 0.645. The fourth-order valence-corrected chi connectivity index (χ4v) is 1.30. The first-order chi connectivity index (χ1) is 8.54. The maximum atomic E-state index is 11.8. The summed E-state index contributed by atoms with van der Waals surface area (Å²) < 4.78 is 5.02. The number of carbonyl (C=O) groups is 2. The molecule has 96 valence electrons. The van der Waals surface area contributed by atoms with Gasteiger partial charge in [0.2, 0.25) is 0 Å². The summed E-state index contributed by atoms with van der Waals surface area (Å²) in [7, 11) is 0. The summed E-state index contributed by atoms with van der Waals surface area (Å²) in [5, 5.41) is 2.54. The van der Waals surface area contributed by atoms with Gasteiger partial charge >= 0.3 is 5.97 Å². The van der Waals surface area contributed by atoms with Gasteiger partial charge in [0.25, 0.3) is 5.91 Å². The molecule has 0 heterocycles. The van der Waals surface area contributed by atoms with Crippen LogP contribution in [0, 0.1) is 0 Å². The van der Waals surface area contributed by atoms with Gasteiger partial charge in [-0.1, -0.05) is 24.3 Å². The summed E-state index contributed by atoms with van der Waals surface area (Å²) >= 11 is 0. The number of amides is 1. The highest BCUT2D eigenvalue weighted by molar-refractivity contribution is 6.01. The summed E-state index contributed by atoms with van der Waals surface area (Å²) in [6.07, 6.45) is 1.30. The molecule has 0 atom stereocenters. The van der Waals surface area contributed by atoms with Crippen LogP contribution in [0.3, 0.4) is 0 Å². The van der Waals surface area contributed by atoms with E-state index in [9.17, 15) is 9.59 Å². The average molecular weight is 247 g/mol. The Hall–Kier alpha value is -2.10. The molecule has 0 radical (unpaired) electrons. The van der Waals surface area contributed by atoms with Crippen LogP contribution in [-0.2, 0) is 9.53 Å². The Morgan fingerprint density at radius 3 is 2.33 bits per heavy atom. The van der Waals surface area contributed by atoms with Crippen molar-refractivity contribution in [2.75, 3.05) is 0 Å². The maximum Gasteiger partial charge on any atom is 0.354 e. The van der Waals surface area contributed by atoms with Crippen LogP contribution in [0.2, 0.25) is 0 Å². The molecule has 1 aromatic rings. The number of hydrogen-bond donors (Lipinski definition) is 1. The Bertz CT molecular complexity index is 449. The Labute approximate surface area is 107 Å². The van der Waals surface area contributed by atoms with Crippen molar-refractivity contribution < 1.29 is 14.3 Å². The van der Waals surface area contributed by atoms with Gasteiger partial charge in [0.05, 0.1) is 6.10 Å². The van der Waals surface area contributed by atoms with Crippen molar-refractivity contribution in [2.24, 2.45) is 0 Å². The monoisotopic (exact) mass is 247 g/mol. The minimum absolute atomic E-state index is 0.151. The minimum Gasteiger partial charge on any atom is -0.458 e. The molecular formula is C14H17NO3. The first kappa shape index (κ1) is 14.0. The fourth-order valence-electron chi connectivity index (χ4n) is 1.30. The number of ether oxygens (including phenoxy) is 1. The number of esters is 1. The number of hydrogen-bond acceptors (Lipinski definition) is 3. The van der Waals surface area contributed by atoms with Gasteiger partial charge in [-0.25, -0.2) is 4.79 Å². The molecule has 0 saturated heterocycles. The normalized spacial score (nSPS) is 11.2. The molecule has 1 rings (SSSR count). The van der Waals surface area contributed by atoms with Crippen molar-refractivity contribution in [1.29, 1.82) is 0 Å². The van der Waals surface area contributed by atoms with E-state index in [1.54, 1.807) is 45.0 Å². The zero-order valence-electron chi connectivity index (χ0n) is 10.8. The van der Waals surface area contributed by atoms with Gasteiger partial charge in [-0.3, -0.25) is 4.79 Å².